The van der Waals surface area contributed by atoms with E-state index in [1.165, 1.54) is 5.56 Å². The molecule has 0 amide bonds. The Morgan fingerprint density at radius 2 is 1.27 bits per heavy atom. The average Bonchev–Trinajstić information content (AvgIpc) is 3.01. The van der Waals surface area contributed by atoms with Crippen LogP contribution in [0.3, 0.4) is 0 Å². The summed E-state index contributed by atoms with van der Waals surface area (Å²) >= 11 is 0. The standard InChI is InChI=1S/C27H30O2S/c1-17-8-10-22(11-9-17)30(28,29)24-15-19-14-20(26(2,3)4)12-18-13-21(27(5,6)7)16-23(24)25(18)19/h8-16H,1-7H3. The van der Waals surface area contributed by atoms with Crippen molar-refractivity contribution in [3.8, 4) is 0 Å². The molecule has 156 valence electrons. The maximum Gasteiger partial charge on any atom is 0.207 e. The largest absolute Gasteiger partial charge is 0.218 e. The first kappa shape index (κ1) is 20.9. The van der Waals surface area contributed by atoms with Gasteiger partial charge in [-0.15, -0.1) is 0 Å². The second-order valence-electron chi connectivity index (χ2n) is 10.5. The van der Waals surface area contributed by atoms with E-state index in [9.17, 15) is 8.42 Å². The molecule has 3 aromatic rings. The van der Waals surface area contributed by atoms with Gasteiger partial charge in [-0.05, 0) is 69.5 Å². The van der Waals surface area contributed by atoms with Gasteiger partial charge in [-0.25, -0.2) is 8.42 Å². The number of hydrogen-bond acceptors (Lipinski definition) is 2. The molecule has 0 heterocycles. The summed E-state index contributed by atoms with van der Waals surface area (Å²) < 4.78 is 27.3. The van der Waals surface area contributed by atoms with E-state index in [1.807, 2.05) is 25.1 Å². The van der Waals surface area contributed by atoms with Gasteiger partial charge in [-0.2, -0.15) is 0 Å². The van der Waals surface area contributed by atoms with Crippen LogP contribution in [0.5, 0.6) is 0 Å². The molecule has 0 saturated heterocycles. The molecule has 1 aliphatic rings. The van der Waals surface area contributed by atoms with Crippen LogP contribution < -0.4 is 0 Å². The van der Waals surface area contributed by atoms with E-state index in [0.717, 1.165) is 33.0 Å². The summed E-state index contributed by atoms with van der Waals surface area (Å²) in [5, 5.41) is 2.16. The van der Waals surface area contributed by atoms with Crippen LogP contribution in [0.15, 0.2) is 53.4 Å². The minimum Gasteiger partial charge on any atom is -0.218 e. The highest BCUT2D eigenvalue weighted by Gasteiger charge is 2.31. The second kappa shape index (κ2) is 6.55. The Bertz CT molecular complexity index is 1290. The van der Waals surface area contributed by atoms with Crippen LogP contribution in [0.1, 0.15) is 69.4 Å². The average molecular weight is 419 g/mol. The van der Waals surface area contributed by atoms with Crippen molar-refractivity contribution in [1.82, 2.24) is 0 Å². The highest BCUT2D eigenvalue weighted by atomic mass is 32.2. The fourth-order valence-corrected chi connectivity index (χ4v) is 5.49. The zero-order valence-electron chi connectivity index (χ0n) is 18.9. The molecular formula is C27H30O2S. The zero-order chi connectivity index (χ0) is 22.1. The molecule has 1 aliphatic carbocycles. The van der Waals surface area contributed by atoms with E-state index >= 15 is 0 Å². The zero-order valence-corrected chi connectivity index (χ0v) is 19.7. The van der Waals surface area contributed by atoms with Crippen LogP contribution in [0.4, 0.5) is 0 Å². The molecule has 0 unspecified atom stereocenters. The number of rotatable bonds is 2. The third-order valence-corrected chi connectivity index (χ3v) is 7.79. The Hall–Kier alpha value is -2.39. The topological polar surface area (TPSA) is 34.1 Å². The van der Waals surface area contributed by atoms with E-state index < -0.39 is 9.84 Å². The Labute approximate surface area is 180 Å². The van der Waals surface area contributed by atoms with E-state index in [1.54, 1.807) is 12.1 Å². The van der Waals surface area contributed by atoms with Gasteiger partial charge in [-0.1, -0.05) is 77.4 Å². The molecular weight excluding hydrogens is 388 g/mol. The lowest BCUT2D eigenvalue weighted by Crippen LogP contribution is -2.13. The normalized spacial score (nSPS) is 14.3. The van der Waals surface area contributed by atoms with Gasteiger partial charge in [0, 0.05) is 5.56 Å². The van der Waals surface area contributed by atoms with Gasteiger partial charge in [0.15, 0.2) is 0 Å². The molecule has 0 atom stereocenters. The van der Waals surface area contributed by atoms with Crippen molar-refractivity contribution in [2.45, 2.75) is 64.2 Å². The van der Waals surface area contributed by atoms with Crippen molar-refractivity contribution in [3.63, 3.8) is 0 Å². The highest BCUT2D eigenvalue weighted by molar-refractivity contribution is 8.01. The van der Waals surface area contributed by atoms with Gasteiger partial charge >= 0.3 is 0 Å². The molecule has 4 rings (SSSR count). The molecule has 0 aromatic heterocycles. The summed E-state index contributed by atoms with van der Waals surface area (Å²) in [5.74, 6) is 0. The van der Waals surface area contributed by atoms with E-state index in [2.05, 4.69) is 65.8 Å². The van der Waals surface area contributed by atoms with Crippen LogP contribution in [0, 0.1) is 6.92 Å². The van der Waals surface area contributed by atoms with Gasteiger partial charge in [0.25, 0.3) is 0 Å². The lowest BCUT2D eigenvalue weighted by Gasteiger charge is -2.23. The van der Waals surface area contributed by atoms with Crippen molar-refractivity contribution in [2.24, 2.45) is 0 Å². The summed E-state index contributed by atoms with van der Waals surface area (Å²) in [7, 11) is -3.62. The summed E-state index contributed by atoms with van der Waals surface area (Å²) in [6, 6.07) is 15.8. The van der Waals surface area contributed by atoms with Crippen molar-refractivity contribution >= 4 is 31.6 Å². The fourth-order valence-electron chi connectivity index (χ4n) is 4.01. The van der Waals surface area contributed by atoms with Gasteiger partial charge in [0.1, 0.15) is 0 Å². The molecule has 0 aliphatic heterocycles. The summed E-state index contributed by atoms with van der Waals surface area (Å²) in [4.78, 5) is 0.751. The minimum atomic E-state index is -3.62. The summed E-state index contributed by atoms with van der Waals surface area (Å²) in [5.41, 5.74) is 5.14. The van der Waals surface area contributed by atoms with Crippen molar-refractivity contribution in [3.05, 3.63) is 76.3 Å². The molecule has 0 N–H and O–H groups in total. The van der Waals surface area contributed by atoms with Gasteiger partial charge < -0.3 is 0 Å². The SMILES string of the molecule is Cc1ccc(S(=O)(=O)C2=Cc3cc(C(C)(C)C)cc4cc(C(C)(C)C)cc2c34)cc1. The molecule has 0 fully saturated rings. The predicted octanol–water partition coefficient (Wildman–Crippen LogP) is 7.03. The number of aryl methyl sites for hydroxylation is 1. The molecule has 0 spiro atoms. The Kier molecular flexibility index (Phi) is 4.56. The van der Waals surface area contributed by atoms with Crippen molar-refractivity contribution < 1.29 is 8.42 Å². The third kappa shape index (κ3) is 3.39. The van der Waals surface area contributed by atoms with Crippen LogP contribution in [-0.4, -0.2) is 8.42 Å². The Morgan fingerprint density at radius 3 is 1.80 bits per heavy atom. The first-order chi connectivity index (χ1) is 13.8. The van der Waals surface area contributed by atoms with Gasteiger partial charge in [-0.3, -0.25) is 0 Å². The highest BCUT2D eigenvalue weighted by Crippen LogP contribution is 2.45. The van der Waals surface area contributed by atoms with Crippen molar-refractivity contribution in [2.75, 3.05) is 0 Å². The maximum atomic E-state index is 13.6. The van der Waals surface area contributed by atoms with E-state index in [-0.39, 0.29) is 10.8 Å². The fraction of sp³-hybridized carbons (Fsp3) is 0.333. The smallest absolute Gasteiger partial charge is 0.207 e. The molecule has 3 aromatic carbocycles. The van der Waals surface area contributed by atoms with Gasteiger partial charge in [0.2, 0.25) is 9.84 Å². The molecule has 0 radical (unpaired) electrons. The Balaban J connectivity index is 2.03. The lowest BCUT2D eigenvalue weighted by molar-refractivity contribution is 0.589. The summed E-state index contributed by atoms with van der Waals surface area (Å²) in [6.45, 7) is 15.0. The van der Waals surface area contributed by atoms with Crippen LogP contribution in [-0.2, 0) is 20.7 Å². The predicted molar refractivity (Wildman–Crippen MR) is 128 cm³/mol. The van der Waals surface area contributed by atoms with Crippen LogP contribution in [0.2, 0.25) is 0 Å². The second-order valence-corrected chi connectivity index (χ2v) is 12.4. The minimum absolute atomic E-state index is 0.0188. The Morgan fingerprint density at radius 1 is 0.733 bits per heavy atom. The van der Waals surface area contributed by atoms with Gasteiger partial charge in [0.05, 0.1) is 9.80 Å². The van der Waals surface area contributed by atoms with E-state index in [4.69, 9.17) is 0 Å². The number of benzene rings is 3. The summed E-state index contributed by atoms with van der Waals surface area (Å²) in [6.07, 6.45) is 1.87. The third-order valence-electron chi connectivity index (χ3n) is 5.98. The molecule has 30 heavy (non-hydrogen) atoms. The first-order valence-electron chi connectivity index (χ1n) is 10.4. The monoisotopic (exact) mass is 418 g/mol. The molecule has 0 bridgehead atoms. The maximum absolute atomic E-state index is 13.6. The quantitative estimate of drug-likeness (QED) is 0.448. The van der Waals surface area contributed by atoms with Crippen molar-refractivity contribution in [1.29, 1.82) is 0 Å². The van der Waals surface area contributed by atoms with Crippen LogP contribution >= 0.6 is 0 Å². The first-order valence-corrected chi connectivity index (χ1v) is 11.9. The molecule has 0 saturated carbocycles. The number of sulfone groups is 1. The molecule has 3 heteroatoms. The molecule has 2 nitrogen and oxygen atoms in total. The van der Waals surface area contributed by atoms with E-state index in [0.29, 0.717) is 9.80 Å². The lowest BCUT2D eigenvalue weighted by atomic mass is 9.81. The van der Waals surface area contributed by atoms with Crippen LogP contribution in [0.25, 0.3) is 21.8 Å². The number of hydrogen-bond donors (Lipinski definition) is 0.